The lowest BCUT2D eigenvalue weighted by molar-refractivity contribution is -0.137. The predicted octanol–water partition coefficient (Wildman–Crippen LogP) is 5.10. The monoisotopic (exact) mass is 469 g/mol. The summed E-state index contributed by atoms with van der Waals surface area (Å²) < 4.78 is 28.8. The Kier molecular flexibility index (Phi) is 9.41. The van der Waals surface area contributed by atoms with Crippen molar-refractivity contribution in [1.82, 2.24) is 4.72 Å². The van der Waals surface area contributed by atoms with Crippen molar-refractivity contribution in [2.24, 2.45) is 5.92 Å². The van der Waals surface area contributed by atoms with Gasteiger partial charge < -0.3 is 5.11 Å². The second-order valence-electron chi connectivity index (χ2n) is 7.16. The number of rotatable bonds is 10. The van der Waals surface area contributed by atoms with Crippen molar-refractivity contribution in [3.8, 4) is 0 Å². The number of aliphatic carboxylic acids is 1. The molecule has 1 aliphatic carbocycles. The molecule has 0 amide bonds. The van der Waals surface area contributed by atoms with E-state index in [0.29, 0.717) is 6.42 Å². The van der Waals surface area contributed by atoms with Crippen molar-refractivity contribution in [2.45, 2.75) is 57.4 Å². The minimum atomic E-state index is -3.51. The number of carbonyl (C=O) groups is 1. The third-order valence-electron chi connectivity index (χ3n) is 4.88. The summed E-state index contributed by atoms with van der Waals surface area (Å²) in [5, 5.41) is 9.89. The van der Waals surface area contributed by atoms with E-state index >= 15 is 0 Å². The van der Waals surface area contributed by atoms with Gasteiger partial charge in [-0.1, -0.05) is 53.1 Å². The number of halogens is 1. The van der Waals surface area contributed by atoms with Crippen LogP contribution in [0.2, 0.25) is 0 Å². The number of sulfonamides is 1. The second kappa shape index (κ2) is 11.5. The van der Waals surface area contributed by atoms with Crippen LogP contribution in [0, 0.1) is 5.92 Å². The summed E-state index contributed by atoms with van der Waals surface area (Å²) in [6.07, 6.45) is 12.0. The standard InChI is InChI=1S/C21H28BrNO4S/c22-19-11-7-8-17(16-19)14-15-28(26,27)23-20-12-6-5-10-18(20)9-3-1-2-4-13-21(24)25/h1,3,7-8,11,14-16,18,20,23H,2,4-6,9-10,12-13H2,(H,24,25)/b3-1+,15-14+. The Balaban J connectivity index is 1.89. The quantitative estimate of drug-likeness (QED) is 0.368. The van der Waals surface area contributed by atoms with E-state index in [0.717, 1.165) is 48.6 Å². The number of allylic oxidation sites excluding steroid dienone is 2. The highest BCUT2D eigenvalue weighted by Gasteiger charge is 2.27. The topological polar surface area (TPSA) is 83.5 Å². The normalized spacial score (nSPS) is 20.8. The molecule has 2 atom stereocenters. The van der Waals surface area contributed by atoms with Crippen LogP contribution in [0.1, 0.15) is 56.9 Å². The lowest BCUT2D eigenvalue weighted by atomic mass is 9.83. The van der Waals surface area contributed by atoms with E-state index in [1.54, 1.807) is 6.08 Å². The number of hydrogen-bond acceptors (Lipinski definition) is 3. The Morgan fingerprint density at radius 2 is 2.04 bits per heavy atom. The van der Waals surface area contributed by atoms with Crippen molar-refractivity contribution < 1.29 is 18.3 Å². The molecule has 28 heavy (non-hydrogen) atoms. The second-order valence-corrected chi connectivity index (χ2v) is 9.68. The lowest BCUT2D eigenvalue weighted by Gasteiger charge is -2.31. The average Bonchev–Trinajstić information content (AvgIpc) is 2.64. The molecule has 154 valence electrons. The van der Waals surface area contributed by atoms with Gasteiger partial charge in [-0.2, -0.15) is 0 Å². The number of carboxylic acid groups (broad SMARTS) is 1. The van der Waals surface area contributed by atoms with Crippen LogP contribution < -0.4 is 4.72 Å². The van der Waals surface area contributed by atoms with E-state index in [1.165, 1.54) is 5.41 Å². The molecule has 2 unspecified atom stereocenters. The van der Waals surface area contributed by atoms with Crippen LogP contribution in [0.15, 0.2) is 46.3 Å². The Morgan fingerprint density at radius 3 is 2.79 bits per heavy atom. The first kappa shape index (κ1) is 22.8. The molecule has 0 bridgehead atoms. The molecule has 2 rings (SSSR count). The van der Waals surface area contributed by atoms with Gasteiger partial charge in [-0.25, -0.2) is 13.1 Å². The molecule has 0 aromatic heterocycles. The van der Waals surface area contributed by atoms with Crippen LogP contribution in [0.4, 0.5) is 0 Å². The van der Waals surface area contributed by atoms with Gasteiger partial charge in [0.1, 0.15) is 0 Å². The van der Waals surface area contributed by atoms with Gasteiger partial charge >= 0.3 is 5.97 Å². The number of benzene rings is 1. The summed E-state index contributed by atoms with van der Waals surface area (Å²) in [4.78, 5) is 10.5. The maximum atomic E-state index is 12.5. The molecule has 0 spiro atoms. The van der Waals surface area contributed by atoms with Crippen molar-refractivity contribution in [3.63, 3.8) is 0 Å². The number of carboxylic acids is 1. The van der Waals surface area contributed by atoms with E-state index in [9.17, 15) is 13.2 Å². The molecule has 1 aromatic rings. The molecular weight excluding hydrogens is 442 g/mol. The zero-order valence-corrected chi connectivity index (χ0v) is 18.3. The maximum Gasteiger partial charge on any atom is 0.303 e. The van der Waals surface area contributed by atoms with Crippen molar-refractivity contribution >= 4 is 38.0 Å². The summed E-state index contributed by atoms with van der Waals surface area (Å²) in [5.74, 6) is -0.496. The highest BCUT2D eigenvalue weighted by atomic mass is 79.9. The van der Waals surface area contributed by atoms with Crippen LogP contribution >= 0.6 is 15.9 Å². The first-order valence-corrected chi connectivity index (χ1v) is 12.0. The molecule has 0 aliphatic heterocycles. The lowest BCUT2D eigenvalue weighted by Crippen LogP contribution is -2.41. The van der Waals surface area contributed by atoms with Gasteiger partial charge in [0.25, 0.3) is 0 Å². The first-order chi connectivity index (χ1) is 13.4. The van der Waals surface area contributed by atoms with Gasteiger partial charge in [0.2, 0.25) is 10.0 Å². The third kappa shape index (κ3) is 8.71. The summed E-state index contributed by atoms with van der Waals surface area (Å²) in [5.41, 5.74) is 0.823. The molecule has 0 heterocycles. The minimum Gasteiger partial charge on any atom is -0.481 e. The fourth-order valence-corrected chi connectivity index (χ4v) is 5.00. The smallest absolute Gasteiger partial charge is 0.303 e. The minimum absolute atomic E-state index is 0.0606. The Hall–Kier alpha value is -1.44. The highest BCUT2D eigenvalue weighted by molar-refractivity contribution is 9.10. The van der Waals surface area contributed by atoms with Crippen LogP contribution in [0.5, 0.6) is 0 Å². The Labute approximate surface area is 176 Å². The van der Waals surface area contributed by atoms with Crippen LogP contribution in [0.3, 0.4) is 0 Å². The third-order valence-corrected chi connectivity index (χ3v) is 6.50. The zero-order chi connectivity index (χ0) is 20.4. The first-order valence-electron chi connectivity index (χ1n) is 9.68. The SMILES string of the molecule is O=C(O)CCC/C=C/CC1CCCCC1NS(=O)(=O)/C=C/c1cccc(Br)c1. The van der Waals surface area contributed by atoms with E-state index in [2.05, 4.69) is 26.7 Å². The van der Waals surface area contributed by atoms with Crippen LogP contribution in [-0.2, 0) is 14.8 Å². The fraction of sp³-hybridized carbons (Fsp3) is 0.476. The molecule has 1 aromatic carbocycles. The summed E-state index contributed by atoms with van der Waals surface area (Å²) in [6, 6.07) is 7.42. The summed E-state index contributed by atoms with van der Waals surface area (Å²) >= 11 is 3.38. The van der Waals surface area contributed by atoms with E-state index in [1.807, 2.05) is 30.3 Å². The summed E-state index contributed by atoms with van der Waals surface area (Å²) in [7, 11) is -3.51. The highest BCUT2D eigenvalue weighted by Crippen LogP contribution is 2.28. The van der Waals surface area contributed by atoms with Gasteiger partial charge in [0.05, 0.1) is 0 Å². The van der Waals surface area contributed by atoms with Crippen molar-refractivity contribution in [2.75, 3.05) is 0 Å². The molecule has 5 nitrogen and oxygen atoms in total. The Morgan fingerprint density at radius 1 is 1.25 bits per heavy atom. The Bertz CT molecular complexity index is 804. The largest absolute Gasteiger partial charge is 0.481 e. The maximum absolute atomic E-state index is 12.5. The van der Waals surface area contributed by atoms with Crippen LogP contribution in [0.25, 0.3) is 6.08 Å². The van der Waals surface area contributed by atoms with Gasteiger partial charge in [0, 0.05) is 22.3 Å². The molecule has 2 N–H and O–H groups in total. The van der Waals surface area contributed by atoms with Crippen molar-refractivity contribution in [1.29, 1.82) is 0 Å². The predicted molar refractivity (Wildman–Crippen MR) is 116 cm³/mol. The van der Waals surface area contributed by atoms with Gasteiger partial charge in [-0.3, -0.25) is 4.79 Å². The molecule has 1 aliphatic rings. The average molecular weight is 470 g/mol. The van der Waals surface area contributed by atoms with E-state index in [4.69, 9.17) is 5.11 Å². The van der Waals surface area contributed by atoms with Crippen LogP contribution in [-0.4, -0.2) is 25.5 Å². The molecule has 7 heteroatoms. The van der Waals surface area contributed by atoms with Crippen molar-refractivity contribution in [3.05, 3.63) is 51.9 Å². The fourth-order valence-electron chi connectivity index (χ4n) is 3.43. The number of nitrogens with one attached hydrogen (secondary N) is 1. The molecule has 0 radical (unpaired) electrons. The summed E-state index contributed by atoms with van der Waals surface area (Å²) in [6.45, 7) is 0. The van der Waals surface area contributed by atoms with E-state index < -0.39 is 16.0 Å². The zero-order valence-electron chi connectivity index (χ0n) is 15.9. The number of unbranched alkanes of at least 4 members (excludes halogenated alkanes) is 1. The molecule has 1 fully saturated rings. The van der Waals surface area contributed by atoms with Gasteiger partial charge in [-0.15, -0.1) is 0 Å². The number of hydrogen-bond donors (Lipinski definition) is 2. The molecule has 1 saturated carbocycles. The van der Waals surface area contributed by atoms with Gasteiger partial charge in [-0.05, 0) is 61.8 Å². The van der Waals surface area contributed by atoms with Gasteiger partial charge in [0.15, 0.2) is 0 Å². The molecule has 0 saturated heterocycles. The van der Waals surface area contributed by atoms with E-state index in [-0.39, 0.29) is 18.4 Å². The molecular formula is C21H28BrNO4S.